The first-order valence-corrected chi connectivity index (χ1v) is 7.91. The Kier molecular flexibility index (Phi) is 4.48. The van der Waals surface area contributed by atoms with Gasteiger partial charge >= 0.3 is 0 Å². The van der Waals surface area contributed by atoms with E-state index < -0.39 is 0 Å². The summed E-state index contributed by atoms with van der Waals surface area (Å²) in [6, 6.07) is 6.38. The van der Waals surface area contributed by atoms with Crippen molar-refractivity contribution in [2.45, 2.75) is 45.4 Å². The van der Waals surface area contributed by atoms with Gasteiger partial charge in [0.25, 0.3) is 0 Å². The van der Waals surface area contributed by atoms with Gasteiger partial charge in [-0.05, 0) is 53.8 Å². The topological polar surface area (TPSA) is 55.6 Å². The molecular formula is C16H23N5. The highest BCUT2D eigenvalue weighted by Gasteiger charge is 2.12. The fourth-order valence-corrected chi connectivity index (χ4v) is 3.07. The number of rotatable bonds is 4. The van der Waals surface area contributed by atoms with Gasteiger partial charge < -0.3 is 5.32 Å². The molecule has 3 rings (SSSR count). The number of hydrogen-bond donors (Lipinski definition) is 1. The van der Waals surface area contributed by atoms with E-state index in [4.69, 9.17) is 0 Å². The molecule has 1 N–H and O–H groups in total. The lowest BCUT2D eigenvalue weighted by Crippen LogP contribution is -2.14. The number of tetrazole rings is 1. The van der Waals surface area contributed by atoms with Gasteiger partial charge in [0.2, 0.25) is 0 Å². The van der Waals surface area contributed by atoms with Crippen LogP contribution in [-0.2, 0) is 0 Å². The Balaban J connectivity index is 1.67. The second-order valence-corrected chi connectivity index (χ2v) is 5.99. The van der Waals surface area contributed by atoms with Gasteiger partial charge in [0.15, 0.2) is 0 Å². The first-order valence-electron chi connectivity index (χ1n) is 7.91. The summed E-state index contributed by atoms with van der Waals surface area (Å²) in [7, 11) is 0. The molecule has 0 atom stereocenters. The molecule has 0 unspecified atom stereocenters. The zero-order valence-corrected chi connectivity index (χ0v) is 12.6. The molecule has 1 aliphatic rings. The lowest BCUT2D eigenvalue weighted by atomic mass is 10.0. The molecule has 5 heteroatoms. The number of anilines is 1. The third-order valence-electron chi connectivity index (χ3n) is 4.37. The quantitative estimate of drug-likeness (QED) is 0.875. The van der Waals surface area contributed by atoms with Gasteiger partial charge in [-0.2, -0.15) is 0 Å². The number of aromatic nitrogens is 4. The zero-order valence-electron chi connectivity index (χ0n) is 12.6. The predicted molar refractivity (Wildman–Crippen MR) is 83.6 cm³/mol. The first-order chi connectivity index (χ1) is 10.3. The van der Waals surface area contributed by atoms with Crippen LogP contribution in [0.1, 0.15) is 44.1 Å². The van der Waals surface area contributed by atoms with Crippen LogP contribution in [0, 0.1) is 12.8 Å². The molecule has 0 aliphatic heterocycles. The number of nitrogens with one attached hydrogen (secondary N) is 1. The van der Waals surface area contributed by atoms with Crippen LogP contribution in [0.4, 0.5) is 5.69 Å². The van der Waals surface area contributed by atoms with Crippen LogP contribution in [0.5, 0.6) is 0 Å². The lowest BCUT2D eigenvalue weighted by Gasteiger charge is -2.16. The highest BCUT2D eigenvalue weighted by atomic mass is 15.5. The molecule has 1 aromatic carbocycles. The average molecular weight is 285 g/mol. The fourth-order valence-electron chi connectivity index (χ4n) is 3.07. The van der Waals surface area contributed by atoms with Gasteiger partial charge in [-0.15, -0.1) is 5.10 Å². The smallest absolute Gasteiger partial charge is 0.143 e. The van der Waals surface area contributed by atoms with Gasteiger partial charge in [-0.3, -0.25) is 0 Å². The predicted octanol–water partition coefficient (Wildman–Crippen LogP) is 3.35. The van der Waals surface area contributed by atoms with Gasteiger partial charge in [-0.1, -0.05) is 31.7 Å². The summed E-state index contributed by atoms with van der Waals surface area (Å²) in [6.07, 6.45) is 9.94. The Labute approximate surface area is 125 Å². The van der Waals surface area contributed by atoms with E-state index in [0.717, 1.165) is 23.8 Å². The van der Waals surface area contributed by atoms with Crippen molar-refractivity contribution in [3.05, 3.63) is 30.1 Å². The Bertz CT molecular complexity index is 556. The van der Waals surface area contributed by atoms with Crippen molar-refractivity contribution in [2.75, 3.05) is 11.9 Å². The van der Waals surface area contributed by atoms with Crippen LogP contribution in [0.2, 0.25) is 0 Å². The molecular weight excluding hydrogens is 262 g/mol. The Morgan fingerprint density at radius 3 is 2.71 bits per heavy atom. The molecule has 1 fully saturated rings. The van der Waals surface area contributed by atoms with Crippen LogP contribution in [-0.4, -0.2) is 26.8 Å². The van der Waals surface area contributed by atoms with Crippen molar-refractivity contribution in [2.24, 2.45) is 5.92 Å². The second kappa shape index (κ2) is 6.70. The molecule has 2 aromatic rings. The van der Waals surface area contributed by atoms with Crippen molar-refractivity contribution in [3.63, 3.8) is 0 Å². The van der Waals surface area contributed by atoms with Crippen LogP contribution >= 0.6 is 0 Å². The minimum atomic E-state index is 0.810. The number of benzene rings is 1. The molecule has 112 valence electrons. The molecule has 1 aromatic heterocycles. The highest BCUT2D eigenvalue weighted by molar-refractivity contribution is 5.54. The molecule has 0 saturated heterocycles. The summed E-state index contributed by atoms with van der Waals surface area (Å²) in [5.74, 6) is 0.810. The van der Waals surface area contributed by atoms with Crippen molar-refractivity contribution in [1.29, 1.82) is 0 Å². The summed E-state index contributed by atoms with van der Waals surface area (Å²) in [6.45, 7) is 3.14. The van der Waals surface area contributed by atoms with E-state index in [1.54, 1.807) is 11.0 Å². The number of nitrogens with zero attached hydrogens (tertiary/aromatic N) is 4. The largest absolute Gasteiger partial charge is 0.385 e. The van der Waals surface area contributed by atoms with E-state index in [1.165, 1.54) is 44.1 Å². The average Bonchev–Trinajstić information content (AvgIpc) is 2.90. The van der Waals surface area contributed by atoms with E-state index in [0.29, 0.717) is 0 Å². The summed E-state index contributed by atoms with van der Waals surface area (Å²) < 4.78 is 1.71. The van der Waals surface area contributed by atoms with Crippen molar-refractivity contribution < 1.29 is 0 Å². The molecule has 1 heterocycles. The number of aryl methyl sites for hydroxylation is 1. The summed E-state index contributed by atoms with van der Waals surface area (Å²) in [4.78, 5) is 0. The zero-order chi connectivity index (χ0) is 14.5. The third kappa shape index (κ3) is 3.60. The third-order valence-corrected chi connectivity index (χ3v) is 4.37. The molecule has 0 spiro atoms. The summed E-state index contributed by atoms with van der Waals surface area (Å²) >= 11 is 0. The van der Waals surface area contributed by atoms with E-state index in [2.05, 4.69) is 46.0 Å². The number of hydrogen-bond acceptors (Lipinski definition) is 4. The van der Waals surface area contributed by atoms with Gasteiger partial charge in [0.1, 0.15) is 6.33 Å². The van der Waals surface area contributed by atoms with Crippen LogP contribution in [0.25, 0.3) is 5.69 Å². The lowest BCUT2D eigenvalue weighted by molar-refractivity contribution is 0.483. The van der Waals surface area contributed by atoms with E-state index in [-0.39, 0.29) is 0 Å². The van der Waals surface area contributed by atoms with Crippen LogP contribution in [0.3, 0.4) is 0 Å². The first kappa shape index (κ1) is 14.0. The maximum absolute atomic E-state index is 3.98. The normalized spacial score (nSPS) is 16.6. The van der Waals surface area contributed by atoms with Gasteiger partial charge in [-0.25, -0.2) is 4.68 Å². The second-order valence-electron chi connectivity index (χ2n) is 5.99. The highest BCUT2D eigenvalue weighted by Crippen LogP contribution is 2.24. The van der Waals surface area contributed by atoms with E-state index >= 15 is 0 Å². The van der Waals surface area contributed by atoms with Crippen LogP contribution in [0.15, 0.2) is 24.5 Å². The minimum Gasteiger partial charge on any atom is -0.385 e. The van der Waals surface area contributed by atoms with Crippen molar-refractivity contribution in [3.8, 4) is 5.69 Å². The SMILES string of the molecule is Cc1ccc(NCC2CCCCCC2)cc1-n1cnnn1. The standard InChI is InChI=1S/C16H23N5/c1-13-8-9-15(10-16(13)21-12-18-19-20-21)17-11-14-6-4-2-3-5-7-14/h8-10,12,14,17H,2-7,11H2,1H3. The molecule has 21 heavy (non-hydrogen) atoms. The van der Waals surface area contributed by atoms with E-state index in [1.807, 2.05) is 0 Å². The van der Waals surface area contributed by atoms with Crippen molar-refractivity contribution >= 4 is 5.69 Å². The minimum absolute atomic E-state index is 0.810. The van der Waals surface area contributed by atoms with Gasteiger partial charge in [0, 0.05) is 12.2 Å². The molecule has 5 nitrogen and oxygen atoms in total. The molecule has 0 radical (unpaired) electrons. The van der Waals surface area contributed by atoms with Gasteiger partial charge in [0.05, 0.1) is 5.69 Å². The van der Waals surface area contributed by atoms with E-state index in [9.17, 15) is 0 Å². The monoisotopic (exact) mass is 285 g/mol. The molecule has 1 aliphatic carbocycles. The van der Waals surface area contributed by atoms with Crippen LogP contribution < -0.4 is 5.32 Å². The Morgan fingerprint density at radius 2 is 2.00 bits per heavy atom. The molecule has 0 amide bonds. The molecule has 1 saturated carbocycles. The fraction of sp³-hybridized carbons (Fsp3) is 0.562. The molecule has 0 bridgehead atoms. The summed E-state index contributed by atoms with van der Waals surface area (Å²) in [5.41, 5.74) is 3.35. The van der Waals surface area contributed by atoms with Crippen molar-refractivity contribution in [1.82, 2.24) is 20.2 Å². The maximum Gasteiger partial charge on any atom is 0.143 e. The Morgan fingerprint density at radius 1 is 1.19 bits per heavy atom. The summed E-state index contributed by atoms with van der Waals surface area (Å²) in [5, 5.41) is 15.0. The Hall–Kier alpha value is -1.91. The maximum atomic E-state index is 3.98.